The van der Waals surface area contributed by atoms with E-state index in [0.29, 0.717) is 19.8 Å². The number of ether oxygens (including phenoxy) is 2. The quantitative estimate of drug-likeness (QED) is 0.376. The van der Waals surface area contributed by atoms with Crippen LogP contribution in [0.25, 0.3) is 0 Å². The largest absolute Gasteiger partial charge is 0.490 e. The molecular formula is C22H21Br2NO2. The van der Waals surface area contributed by atoms with Crippen molar-refractivity contribution in [2.75, 3.05) is 11.9 Å². The third-order valence-electron chi connectivity index (χ3n) is 3.94. The van der Waals surface area contributed by atoms with E-state index in [9.17, 15) is 0 Å². The number of nitrogens with one attached hydrogen (secondary N) is 1. The fraction of sp³-hybridized carbons (Fsp3) is 0.182. The Morgan fingerprint density at radius 1 is 0.852 bits per heavy atom. The van der Waals surface area contributed by atoms with E-state index in [4.69, 9.17) is 9.47 Å². The SMILES string of the molecule is CCOc1cc(CNc2ccccc2)cc(Br)c1OCc1ccc(Br)cc1. The first kappa shape index (κ1) is 19.8. The van der Waals surface area contributed by atoms with Gasteiger partial charge in [-0.05, 0) is 70.4 Å². The Morgan fingerprint density at radius 3 is 2.30 bits per heavy atom. The predicted molar refractivity (Wildman–Crippen MR) is 118 cm³/mol. The highest BCUT2D eigenvalue weighted by atomic mass is 79.9. The number of para-hydroxylation sites is 1. The van der Waals surface area contributed by atoms with Crippen molar-refractivity contribution in [1.29, 1.82) is 0 Å². The molecule has 3 aromatic rings. The molecule has 3 nitrogen and oxygen atoms in total. The van der Waals surface area contributed by atoms with Gasteiger partial charge in [-0.25, -0.2) is 0 Å². The maximum absolute atomic E-state index is 6.06. The van der Waals surface area contributed by atoms with Crippen molar-refractivity contribution >= 4 is 37.5 Å². The number of hydrogen-bond acceptors (Lipinski definition) is 3. The van der Waals surface area contributed by atoms with Gasteiger partial charge in [-0.2, -0.15) is 0 Å². The Morgan fingerprint density at radius 2 is 1.59 bits per heavy atom. The Labute approximate surface area is 177 Å². The summed E-state index contributed by atoms with van der Waals surface area (Å²) in [5, 5.41) is 3.42. The zero-order valence-electron chi connectivity index (χ0n) is 15.0. The van der Waals surface area contributed by atoms with Crippen molar-refractivity contribution in [3.63, 3.8) is 0 Å². The lowest BCUT2D eigenvalue weighted by Gasteiger charge is -2.16. The number of anilines is 1. The second-order valence-corrected chi connectivity index (χ2v) is 7.74. The van der Waals surface area contributed by atoms with Gasteiger partial charge in [0.2, 0.25) is 0 Å². The maximum atomic E-state index is 6.06. The van der Waals surface area contributed by atoms with Gasteiger partial charge in [0.05, 0.1) is 11.1 Å². The molecule has 3 rings (SSSR count). The molecule has 140 valence electrons. The molecule has 0 fully saturated rings. The minimum Gasteiger partial charge on any atom is -0.490 e. The van der Waals surface area contributed by atoms with E-state index in [1.165, 1.54) is 0 Å². The number of rotatable bonds is 8. The molecule has 0 aliphatic rings. The average molecular weight is 491 g/mol. The first-order chi connectivity index (χ1) is 13.2. The smallest absolute Gasteiger partial charge is 0.175 e. The van der Waals surface area contributed by atoms with Crippen LogP contribution in [0.5, 0.6) is 11.5 Å². The lowest BCUT2D eigenvalue weighted by Crippen LogP contribution is -2.04. The molecule has 0 spiro atoms. The van der Waals surface area contributed by atoms with Crippen molar-refractivity contribution in [2.24, 2.45) is 0 Å². The van der Waals surface area contributed by atoms with Crippen LogP contribution in [0.15, 0.2) is 75.7 Å². The lowest BCUT2D eigenvalue weighted by atomic mass is 10.2. The van der Waals surface area contributed by atoms with Gasteiger partial charge in [-0.1, -0.05) is 46.3 Å². The highest BCUT2D eigenvalue weighted by molar-refractivity contribution is 9.10. The van der Waals surface area contributed by atoms with E-state index >= 15 is 0 Å². The first-order valence-electron chi connectivity index (χ1n) is 8.77. The number of halogens is 2. The third kappa shape index (κ3) is 5.75. The van der Waals surface area contributed by atoms with Crippen molar-refractivity contribution < 1.29 is 9.47 Å². The molecule has 5 heteroatoms. The van der Waals surface area contributed by atoms with Gasteiger partial charge in [0.25, 0.3) is 0 Å². The minimum atomic E-state index is 0.480. The van der Waals surface area contributed by atoms with Crippen LogP contribution in [0.4, 0.5) is 5.69 Å². The molecule has 0 heterocycles. The van der Waals surface area contributed by atoms with Crippen LogP contribution in [-0.4, -0.2) is 6.61 Å². The fourth-order valence-electron chi connectivity index (χ4n) is 2.62. The van der Waals surface area contributed by atoms with E-state index < -0.39 is 0 Å². The van der Waals surface area contributed by atoms with Crippen LogP contribution in [0.1, 0.15) is 18.1 Å². The van der Waals surface area contributed by atoms with Crippen molar-refractivity contribution in [1.82, 2.24) is 0 Å². The third-order valence-corrected chi connectivity index (χ3v) is 5.05. The lowest BCUT2D eigenvalue weighted by molar-refractivity contribution is 0.267. The summed E-state index contributed by atoms with van der Waals surface area (Å²) in [6, 6.07) is 22.3. The Kier molecular flexibility index (Phi) is 7.18. The molecule has 0 aliphatic heterocycles. The molecule has 0 saturated heterocycles. The second kappa shape index (κ2) is 9.81. The van der Waals surface area contributed by atoms with Gasteiger partial charge in [0.1, 0.15) is 6.61 Å². The highest BCUT2D eigenvalue weighted by Crippen LogP contribution is 2.37. The van der Waals surface area contributed by atoms with Gasteiger partial charge >= 0.3 is 0 Å². The van der Waals surface area contributed by atoms with Gasteiger partial charge in [0, 0.05) is 16.7 Å². The molecule has 0 unspecified atom stereocenters. The normalized spacial score (nSPS) is 10.5. The van der Waals surface area contributed by atoms with Crippen molar-refractivity contribution in [2.45, 2.75) is 20.1 Å². The molecule has 0 saturated carbocycles. The van der Waals surface area contributed by atoms with Crippen LogP contribution in [-0.2, 0) is 13.2 Å². The Balaban J connectivity index is 1.74. The van der Waals surface area contributed by atoms with E-state index in [1.54, 1.807) is 0 Å². The molecule has 0 bridgehead atoms. The number of benzene rings is 3. The summed E-state index contributed by atoms with van der Waals surface area (Å²) in [5.41, 5.74) is 3.30. The summed E-state index contributed by atoms with van der Waals surface area (Å²) in [4.78, 5) is 0. The van der Waals surface area contributed by atoms with Gasteiger partial charge in [0.15, 0.2) is 11.5 Å². The zero-order valence-corrected chi connectivity index (χ0v) is 18.2. The summed E-state index contributed by atoms with van der Waals surface area (Å²) < 4.78 is 13.8. The molecule has 1 N–H and O–H groups in total. The molecule has 0 aromatic heterocycles. The topological polar surface area (TPSA) is 30.5 Å². The van der Waals surface area contributed by atoms with Crippen molar-refractivity contribution in [3.8, 4) is 11.5 Å². The summed E-state index contributed by atoms with van der Waals surface area (Å²) in [6.45, 7) is 3.74. The van der Waals surface area contributed by atoms with Crippen LogP contribution in [0.3, 0.4) is 0 Å². The number of hydrogen-bond donors (Lipinski definition) is 1. The summed E-state index contributed by atoms with van der Waals surface area (Å²) in [5.74, 6) is 1.47. The van der Waals surface area contributed by atoms with Crippen molar-refractivity contribution in [3.05, 3.63) is 86.8 Å². The van der Waals surface area contributed by atoms with E-state index in [-0.39, 0.29) is 0 Å². The summed E-state index contributed by atoms with van der Waals surface area (Å²) >= 11 is 7.09. The molecule has 0 atom stereocenters. The van der Waals surface area contributed by atoms with Crippen LogP contribution in [0.2, 0.25) is 0 Å². The second-order valence-electron chi connectivity index (χ2n) is 5.97. The maximum Gasteiger partial charge on any atom is 0.175 e. The fourth-order valence-corrected chi connectivity index (χ4v) is 3.49. The van der Waals surface area contributed by atoms with Gasteiger partial charge in [-0.3, -0.25) is 0 Å². The minimum absolute atomic E-state index is 0.480. The van der Waals surface area contributed by atoms with E-state index in [0.717, 1.165) is 37.3 Å². The predicted octanol–water partition coefficient (Wildman–Crippen LogP) is 6.80. The molecule has 3 aromatic carbocycles. The van der Waals surface area contributed by atoms with Crippen LogP contribution >= 0.6 is 31.9 Å². The van der Waals surface area contributed by atoms with Crippen LogP contribution < -0.4 is 14.8 Å². The first-order valence-corrected chi connectivity index (χ1v) is 10.4. The Bertz CT molecular complexity index is 867. The van der Waals surface area contributed by atoms with Crippen LogP contribution in [0, 0.1) is 0 Å². The summed E-state index contributed by atoms with van der Waals surface area (Å²) in [7, 11) is 0. The van der Waals surface area contributed by atoms with E-state index in [2.05, 4.69) is 43.2 Å². The monoisotopic (exact) mass is 489 g/mol. The molecule has 0 radical (unpaired) electrons. The zero-order chi connectivity index (χ0) is 19.1. The molecule has 27 heavy (non-hydrogen) atoms. The van der Waals surface area contributed by atoms with Gasteiger partial charge in [-0.15, -0.1) is 0 Å². The highest BCUT2D eigenvalue weighted by Gasteiger charge is 2.13. The molecule has 0 amide bonds. The van der Waals surface area contributed by atoms with Gasteiger partial charge < -0.3 is 14.8 Å². The average Bonchev–Trinajstić information content (AvgIpc) is 2.68. The summed E-state index contributed by atoms with van der Waals surface area (Å²) in [6.07, 6.45) is 0. The standard InChI is InChI=1S/C22H21Br2NO2/c1-2-26-21-13-17(14-25-19-6-4-3-5-7-19)12-20(24)22(21)27-15-16-8-10-18(23)11-9-16/h3-13,25H,2,14-15H2,1H3. The Hall–Kier alpha value is -1.98. The molecule has 0 aliphatic carbocycles. The molecular weight excluding hydrogens is 470 g/mol. The van der Waals surface area contributed by atoms with E-state index in [1.807, 2.05) is 67.6 Å².